The van der Waals surface area contributed by atoms with Crippen LogP contribution in [0.25, 0.3) is 38.3 Å². The number of nitrogen functional groups attached to an aromatic ring is 2. The molecule has 45 heteroatoms. The third kappa shape index (κ3) is 27.0. The van der Waals surface area contributed by atoms with Gasteiger partial charge in [-0.25, -0.2) is 46.7 Å². The van der Waals surface area contributed by atoms with Crippen molar-refractivity contribution >= 4 is 77.8 Å². The Hall–Kier alpha value is -5.88. The third-order valence-corrected chi connectivity index (χ3v) is 13.5. The van der Waals surface area contributed by atoms with Gasteiger partial charge in [-0.15, -0.1) is 13.1 Å². The van der Waals surface area contributed by atoms with Crippen LogP contribution in [0.1, 0.15) is 64.4 Å². The van der Waals surface area contributed by atoms with Crippen LogP contribution < -0.4 is 38.1 Å². The van der Waals surface area contributed by atoms with E-state index in [-0.39, 0.29) is 114 Å². The zero-order valence-electron chi connectivity index (χ0n) is 45.6. The molecule has 0 bridgehead atoms. The van der Waals surface area contributed by atoms with Crippen LogP contribution in [-0.2, 0) is 68.4 Å². The summed E-state index contributed by atoms with van der Waals surface area (Å²) in [6, 6.07) is 0. The van der Waals surface area contributed by atoms with Gasteiger partial charge < -0.3 is 103 Å². The van der Waals surface area contributed by atoms with E-state index in [1.807, 2.05) is 0 Å². The second-order valence-corrected chi connectivity index (χ2v) is 21.0. The van der Waals surface area contributed by atoms with Crippen molar-refractivity contribution in [1.82, 2.24) is 75.4 Å². The molecule has 8 atom stereocenters. The molecule has 0 aromatic carbocycles. The van der Waals surface area contributed by atoms with Crippen LogP contribution in [0.2, 0.25) is 0 Å². The van der Waals surface area contributed by atoms with E-state index in [1.165, 1.54) is 34.4 Å². The predicted octanol–water partition coefficient (Wildman–Crippen LogP) is -1.58. The number of carbonyl (C=O) groups is 4. The molecule has 4 aromatic heterocycles. The van der Waals surface area contributed by atoms with Gasteiger partial charge in [-0.1, -0.05) is 52.0 Å². The maximum Gasteiger partial charge on any atom is 0.485 e. The number of hydrogen-bond acceptors (Lipinski definition) is 27. The van der Waals surface area contributed by atoms with Gasteiger partial charge in [-0.3, -0.25) is 28.3 Å². The summed E-state index contributed by atoms with van der Waals surface area (Å²) in [4.78, 5) is 78.4. The van der Waals surface area contributed by atoms with Crippen molar-refractivity contribution in [3.63, 3.8) is 0 Å². The Balaban J connectivity index is -0.000000653. The molecule has 0 unspecified atom stereocenters. The Morgan fingerprint density at radius 1 is 0.532 bits per heavy atom. The molecule has 8 rings (SSSR count). The molecule has 4 aliphatic heterocycles. The minimum absolute atomic E-state index is 0. The fourth-order valence-electron chi connectivity index (χ4n) is 7.95. The van der Waals surface area contributed by atoms with Gasteiger partial charge in [0.1, 0.15) is 48.1 Å². The second-order valence-electron chi connectivity index (χ2n) is 18.3. The molecule has 0 saturated carbocycles. The zero-order chi connectivity index (χ0) is 63.6. The number of nitrogens with one attached hydrogen (secondary N) is 5. The molecule has 4 saturated heterocycles. The van der Waals surface area contributed by atoms with E-state index in [9.17, 15) is 65.9 Å². The van der Waals surface area contributed by atoms with E-state index in [4.69, 9.17) is 46.9 Å². The summed E-state index contributed by atoms with van der Waals surface area (Å²) in [5.74, 6) is -1.69. The van der Waals surface area contributed by atoms with E-state index >= 15 is 0 Å². The average molecular weight is 1460 g/mol. The SMILES string of the molecule is C.C.C.C.C.C.C.Nc1ncnc2c1ncn2[C@@H]1O[C@H](C(=O)NCC(=O)N2CCNCCNCCNCC2)[C@@H](O)[C@H]1O.Nc1ncnc2c1ncn2[C@@H]1O[C@H](C(=O)NCC(=O)N2CC[N-]CC[N-]CC[N-]CC2)[C@@H](O)[C@H]1O.O=S(=O)([O-])C(F)(F)F.O=S(=O)([O-])C(F)(F)F.[Zn]. The van der Waals surface area contributed by atoms with Crippen LogP contribution in [0.4, 0.5) is 38.0 Å². The Bertz CT molecular complexity index is 2890. The van der Waals surface area contributed by atoms with Crippen molar-refractivity contribution in [3.05, 3.63) is 41.3 Å². The van der Waals surface area contributed by atoms with E-state index in [2.05, 4.69) is 72.4 Å². The van der Waals surface area contributed by atoms with Gasteiger partial charge in [0.2, 0.25) is 11.8 Å². The fraction of sp³-hybridized carbons (Fsp3) is 0.714. The first kappa shape index (κ1) is 94.5. The summed E-state index contributed by atoms with van der Waals surface area (Å²) in [6.07, 6.45) is -5.83. The number of nitrogens with zero attached hydrogens (tertiary/aromatic N) is 13. The summed E-state index contributed by atoms with van der Waals surface area (Å²) in [7, 11) is -12.2. The van der Waals surface area contributed by atoms with Crippen molar-refractivity contribution in [2.45, 2.75) is 112 Å². The molecule has 542 valence electrons. The molecule has 0 aliphatic carbocycles. The minimum Gasteiger partial charge on any atom is -0.741 e. The Morgan fingerprint density at radius 3 is 1.15 bits per heavy atom. The Kier molecular flexibility index (Phi) is 43.6. The number of hydrogen-bond donors (Lipinski definition) is 11. The largest absolute Gasteiger partial charge is 0.741 e. The van der Waals surface area contributed by atoms with Crippen LogP contribution >= 0.6 is 0 Å². The number of ether oxygens (including phenoxy) is 2. The Morgan fingerprint density at radius 2 is 0.830 bits per heavy atom. The number of halogens is 6. The standard InChI is InChI=1S/C20H32N10O5.C20H29N10O5.2CHF3O3S.7CH4.Zn/c2*21-17-13-18(27-10-26-17)30(11-28-13)20-15(33)14(32)16(35-20)19(34)25-9-12(31)29-7-5-23-3-1-22-2-4-24-6-8-29;2*2-1(3,4)8(5,6)7;;;;;;;;/h10-11,14-16,20,22-24,32-33H,1-9H2,(H,25,34)(H2,21,26,27);10-11,14-16,20,32-33H,1-9H2,(H,25,34)(H2,21,26,27);2*(H,5,6,7);7*1H4;/q;-3;;;;;;;;;;/p-2/t2*14-,15+,16-,20+;;;;;;;;;;/m00........../s1. The number of imidazole rings is 2. The van der Waals surface area contributed by atoms with Crippen LogP contribution in [0.3, 0.4) is 0 Å². The van der Waals surface area contributed by atoms with Gasteiger partial charge in [0.25, 0.3) is 11.8 Å². The van der Waals surface area contributed by atoms with Crippen molar-refractivity contribution in [2.75, 3.05) is 129 Å². The quantitative estimate of drug-likeness (QED) is 0.0410. The van der Waals surface area contributed by atoms with Crippen LogP contribution in [0, 0.1) is 0 Å². The van der Waals surface area contributed by atoms with Crippen molar-refractivity contribution in [1.29, 1.82) is 0 Å². The topological polar surface area (TPSA) is 530 Å². The number of carbonyl (C=O) groups excluding carboxylic acids is 4. The molecule has 13 N–H and O–H groups in total. The maximum absolute atomic E-state index is 12.8. The number of aliphatic hydroxyl groups excluding tert-OH is 4. The first-order valence-corrected chi connectivity index (χ1v) is 28.3. The zero-order valence-corrected chi connectivity index (χ0v) is 50.2. The third-order valence-electron chi connectivity index (χ3n) is 12.4. The molecular weight excluding hydrogens is 1370 g/mol. The molecule has 4 amide bonds. The molecule has 4 aliphatic rings. The van der Waals surface area contributed by atoms with Crippen molar-refractivity contribution < 1.29 is 121 Å². The number of amides is 4. The van der Waals surface area contributed by atoms with E-state index in [1.54, 1.807) is 9.80 Å². The molecule has 0 radical (unpaired) electrons. The van der Waals surface area contributed by atoms with Crippen molar-refractivity contribution in [3.8, 4) is 0 Å². The van der Waals surface area contributed by atoms with E-state index in [0.717, 1.165) is 26.2 Å². The number of aliphatic hydroxyl groups is 4. The van der Waals surface area contributed by atoms with Crippen LogP contribution in [-0.4, -0.2) is 284 Å². The van der Waals surface area contributed by atoms with E-state index in [0.29, 0.717) is 95.2 Å². The number of nitrogens with two attached hydrogens (primary N) is 2. The van der Waals surface area contributed by atoms with Crippen LogP contribution in [0.5, 0.6) is 0 Å². The van der Waals surface area contributed by atoms with Crippen molar-refractivity contribution in [2.24, 2.45) is 0 Å². The van der Waals surface area contributed by atoms with Gasteiger partial charge in [0.05, 0.1) is 25.7 Å². The van der Waals surface area contributed by atoms with Gasteiger partial charge in [0, 0.05) is 84.9 Å². The van der Waals surface area contributed by atoms with E-state index < -0.39 is 92.1 Å². The normalized spacial score (nSPS) is 22.3. The minimum atomic E-state index is -6.09. The number of aromatic nitrogens is 8. The maximum atomic E-state index is 12.8. The smallest absolute Gasteiger partial charge is 0.485 e. The van der Waals surface area contributed by atoms with Gasteiger partial charge in [-0.2, -0.15) is 52.5 Å². The molecule has 0 spiro atoms. The first-order valence-electron chi connectivity index (χ1n) is 25.5. The number of fused-ring (bicyclic) bond motifs is 2. The van der Waals surface area contributed by atoms with Gasteiger partial charge in [-0.05, 0) is 0 Å². The monoisotopic (exact) mass is 1460 g/mol. The molecule has 36 nitrogen and oxygen atoms in total. The Labute approximate surface area is 554 Å². The molecule has 4 fully saturated rings. The molecule has 8 heterocycles. The summed E-state index contributed by atoms with van der Waals surface area (Å²) in [5.41, 5.74) is 1.47. The average Bonchev–Trinajstić information content (AvgIpc) is 1.63. The molecule has 94 heavy (non-hydrogen) atoms. The second kappa shape index (κ2) is 43.3. The van der Waals surface area contributed by atoms with Crippen LogP contribution in [0.15, 0.2) is 25.3 Å². The summed E-state index contributed by atoms with van der Waals surface area (Å²) < 4.78 is 132. The number of rotatable bonds is 8. The first-order chi connectivity index (χ1) is 40.4. The number of anilines is 2. The summed E-state index contributed by atoms with van der Waals surface area (Å²) in [5, 5.41) is 69.9. The van der Waals surface area contributed by atoms with Gasteiger partial charge >= 0.3 is 11.0 Å². The van der Waals surface area contributed by atoms with Gasteiger partial charge in [0.15, 0.2) is 67.8 Å². The fourth-order valence-corrected chi connectivity index (χ4v) is 7.95. The molecule has 4 aromatic rings. The predicted molar refractivity (Wildman–Crippen MR) is 327 cm³/mol. The number of alkyl halides is 6. The summed E-state index contributed by atoms with van der Waals surface area (Å²) >= 11 is 0. The molecular formula is C49H89F6N20O16S2Zn-5. The summed E-state index contributed by atoms with van der Waals surface area (Å²) in [6.45, 7) is 9.24.